The van der Waals surface area contributed by atoms with Gasteiger partial charge in [-0.1, -0.05) is 72.8 Å². The fourth-order valence-electron chi connectivity index (χ4n) is 3.93. The van der Waals surface area contributed by atoms with Crippen LogP contribution in [-0.4, -0.2) is 21.7 Å². The molecule has 33 heavy (non-hydrogen) atoms. The summed E-state index contributed by atoms with van der Waals surface area (Å²) in [6, 6.07) is 23.6. The van der Waals surface area contributed by atoms with Gasteiger partial charge in [0.15, 0.2) is 0 Å². The van der Waals surface area contributed by atoms with Gasteiger partial charge in [0.25, 0.3) is 11.5 Å². The quantitative estimate of drug-likeness (QED) is 0.309. The summed E-state index contributed by atoms with van der Waals surface area (Å²) in [7, 11) is 0. The van der Waals surface area contributed by atoms with Crippen LogP contribution in [0.4, 0.5) is 0 Å². The van der Waals surface area contributed by atoms with Crippen LogP contribution in [-0.2, 0) is 11.3 Å². The number of amides is 1. The lowest BCUT2D eigenvalue weighted by atomic mass is 10.0. The zero-order chi connectivity index (χ0) is 22.8. The zero-order valence-corrected chi connectivity index (χ0v) is 18.7. The number of nitrogens with zero attached hydrogens (tertiary/aromatic N) is 3. The van der Waals surface area contributed by atoms with Crippen LogP contribution in [0, 0.1) is 6.92 Å². The summed E-state index contributed by atoms with van der Waals surface area (Å²) < 4.78 is 1.32. The Bertz CT molecular complexity index is 1560. The van der Waals surface area contributed by atoms with E-state index < -0.39 is 5.91 Å². The van der Waals surface area contributed by atoms with E-state index in [1.165, 1.54) is 22.2 Å². The number of carbonyl (C=O) groups is 1. The Morgan fingerprint density at radius 1 is 1.06 bits per heavy atom. The number of benzene rings is 3. The molecule has 6 nitrogen and oxygen atoms in total. The SMILES string of the molecule is Cc1sc2ncn(CC(=O)NN=Cc3cccc4ccccc34)c(=O)c2c1-c1ccccc1. The average molecular weight is 453 g/mol. The van der Waals surface area contributed by atoms with Gasteiger partial charge in [-0.25, -0.2) is 10.4 Å². The second-order valence-corrected chi connectivity index (χ2v) is 8.82. The van der Waals surface area contributed by atoms with Crippen LogP contribution < -0.4 is 11.0 Å². The molecule has 0 spiro atoms. The normalized spacial score (nSPS) is 11.4. The Morgan fingerprint density at radius 3 is 2.67 bits per heavy atom. The van der Waals surface area contributed by atoms with Crippen LogP contribution in [0.5, 0.6) is 0 Å². The van der Waals surface area contributed by atoms with Gasteiger partial charge in [0.2, 0.25) is 0 Å². The number of nitrogens with one attached hydrogen (secondary N) is 1. The number of carbonyl (C=O) groups excluding carboxylic acids is 1. The van der Waals surface area contributed by atoms with E-state index in [9.17, 15) is 9.59 Å². The highest BCUT2D eigenvalue weighted by atomic mass is 32.1. The van der Waals surface area contributed by atoms with E-state index in [0.29, 0.717) is 10.2 Å². The van der Waals surface area contributed by atoms with Crippen LogP contribution in [0.1, 0.15) is 10.4 Å². The minimum atomic E-state index is -0.400. The molecular formula is C26H20N4O2S. The lowest BCUT2D eigenvalue weighted by molar-refractivity contribution is -0.121. The smallest absolute Gasteiger partial charge is 0.263 e. The summed E-state index contributed by atoms with van der Waals surface area (Å²) >= 11 is 1.48. The fourth-order valence-corrected chi connectivity index (χ4v) is 4.93. The Morgan fingerprint density at radius 2 is 1.82 bits per heavy atom. The van der Waals surface area contributed by atoms with Crippen molar-refractivity contribution in [2.24, 2.45) is 5.10 Å². The standard InChI is InChI=1S/C26H20N4O2S/c1-17-23(19-9-3-2-4-10-19)24-25(33-17)27-16-30(26(24)32)15-22(31)29-28-14-20-12-7-11-18-8-5-6-13-21(18)20/h2-14,16H,15H2,1H3,(H,29,31). The van der Waals surface area contributed by atoms with Gasteiger partial charge < -0.3 is 0 Å². The number of hydrazone groups is 1. The van der Waals surface area contributed by atoms with E-state index >= 15 is 0 Å². The Labute approximate surface area is 193 Å². The molecule has 2 aromatic heterocycles. The zero-order valence-electron chi connectivity index (χ0n) is 17.9. The van der Waals surface area contributed by atoms with E-state index in [2.05, 4.69) is 15.5 Å². The first-order valence-corrected chi connectivity index (χ1v) is 11.3. The molecule has 5 rings (SSSR count). The van der Waals surface area contributed by atoms with Crippen LogP contribution in [0.3, 0.4) is 0 Å². The first-order chi connectivity index (χ1) is 16.1. The van der Waals surface area contributed by atoms with Gasteiger partial charge in [-0.2, -0.15) is 5.10 Å². The molecule has 0 saturated heterocycles. The van der Waals surface area contributed by atoms with Crippen molar-refractivity contribution in [1.29, 1.82) is 0 Å². The molecule has 0 bridgehead atoms. The number of hydrogen-bond donors (Lipinski definition) is 1. The number of hydrogen-bond acceptors (Lipinski definition) is 5. The van der Waals surface area contributed by atoms with Crippen molar-refractivity contribution in [3.63, 3.8) is 0 Å². The van der Waals surface area contributed by atoms with E-state index in [1.807, 2.05) is 79.7 Å². The largest absolute Gasteiger partial charge is 0.289 e. The van der Waals surface area contributed by atoms with Gasteiger partial charge in [0.1, 0.15) is 11.4 Å². The molecule has 0 atom stereocenters. The highest BCUT2D eigenvalue weighted by Gasteiger charge is 2.17. The second kappa shape index (κ2) is 8.80. The molecule has 2 heterocycles. The maximum atomic E-state index is 13.2. The number of aryl methyl sites for hydroxylation is 1. The van der Waals surface area contributed by atoms with Crippen LogP contribution in [0.2, 0.25) is 0 Å². The molecule has 7 heteroatoms. The Hall–Kier alpha value is -4.10. The van der Waals surface area contributed by atoms with Gasteiger partial charge in [-0.15, -0.1) is 11.3 Å². The van der Waals surface area contributed by atoms with E-state index in [0.717, 1.165) is 32.3 Å². The molecule has 0 aliphatic rings. The number of thiophene rings is 1. The van der Waals surface area contributed by atoms with E-state index in [4.69, 9.17) is 0 Å². The number of aromatic nitrogens is 2. The molecule has 0 aliphatic heterocycles. The molecule has 0 radical (unpaired) electrons. The van der Waals surface area contributed by atoms with Gasteiger partial charge in [-0.3, -0.25) is 14.2 Å². The first-order valence-electron chi connectivity index (χ1n) is 10.5. The lowest BCUT2D eigenvalue weighted by Crippen LogP contribution is -2.30. The molecule has 1 amide bonds. The monoisotopic (exact) mass is 452 g/mol. The summed E-state index contributed by atoms with van der Waals surface area (Å²) in [5.74, 6) is -0.400. The summed E-state index contributed by atoms with van der Waals surface area (Å²) in [6.45, 7) is 1.81. The maximum Gasteiger partial charge on any atom is 0.263 e. The van der Waals surface area contributed by atoms with E-state index in [-0.39, 0.29) is 12.1 Å². The lowest BCUT2D eigenvalue weighted by Gasteiger charge is -2.06. The van der Waals surface area contributed by atoms with E-state index in [1.54, 1.807) is 6.21 Å². The van der Waals surface area contributed by atoms with Crippen molar-refractivity contribution >= 4 is 44.4 Å². The first kappa shape index (κ1) is 20.8. The van der Waals surface area contributed by atoms with Crippen molar-refractivity contribution < 1.29 is 4.79 Å². The summed E-state index contributed by atoms with van der Waals surface area (Å²) in [4.78, 5) is 31.8. The predicted molar refractivity (Wildman–Crippen MR) is 134 cm³/mol. The van der Waals surface area contributed by atoms with Crippen molar-refractivity contribution in [1.82, 2.24) is 15.0 Å². The predicted octanol–water partition coefficient (Wildman–Crippen LogP) is 4.74. The summed E-state index contributed by atoms with van der Waals surface area (Å²) in [5, 5.41) is 6.77. The van der Waals surface area contributed by atoms with Crippen LogP contribution >= 0.6 is 11.3 Å². The van der Waals surface area contributed by atoms with Crippen molar-refractivity contribution in [2.75, 3.05) is 0 Å². The molecular weight excluding hydrogens is 432 g/mol. The third-order valence-corrected chi connectivity index (χ3v) is 6.46. The minimum absolute atomic E-state index is 0.169. The summed E-state index contributed by atoms with van der Waals surface area (Å²) in [6.07, 6.45) is 3.03. The third kappa shape index (κ3) is 4.06. The Balaban J connectivity index is 1.39. The molecule has 0 unspecified atom stereocenters. The number of rotatable bonds is 5. The average Bonchev–Trinajstić information content (AvgIpc) is 3.18. The van der Waals surface area contributed by atoms with Crippen LogP contribution in [0.25, 0.3) is 32.1 Å². The molecule has 0 aliphatic carbocycles. The fraction of sp³-hybridized carbons (Fsp3) is 0.0769. The van der Waals surface area contributed by atoms with Crippen molar-refractivity contribution in [2.45, 2.75) is 13.5 Å². The molecule has 5 aromatic rings. The minimum Gasteiger partial charge on any atom is -0.289 e. The highest BCUT2D eigenvalue weighted by molar-refractivity contribution is 7.19. The highest BCUT2D eigenvalue weighted by Crippen LogP contribution is 2.35. The maximum absolute atomic E-state index is 13.2. The van der Waals surface area contributed by atoms with Gasteiger partial charge in [0.05, 0.1) is 17.9 Å². The van der Waals surface area contributed by atoms with Crippen molar-refractivity contribution in [3.05, 3.63) is 99.9 Å². The van der Waals surface area contributed by atoms with Crippen molar-refractivity contribution in [3.8, 4) is 11.1 Å². The van der Waals surface area contributed by atoms with Gasteiger partial charge >= 0.3 is 0 Å². The molecule has 0 saturated carbocycles. The Kier molecular flexibility index (Phi) is 5.54. The molecule has 3 aromatic carbocycles. The third-order valence-electron chi connectivity index (χ3n) is 5.45. The second-order valence-electron chi connectivity index (χ2n) is 7.62. The van der Waals surface area contributed by atoms with Crippen LogP contribution in [0.15, 0.2) is 89.0 Å². The van der Waals surface area contributed by atoms with Gasteiger partial charge in [0, 0.05) is 16.0 Å². The topological polar surface area (TPSA) is 76.3 Å². The van der Waals surface area contributed by atoms with Gasteiger partial charge in [-0.05, 0) is 23.3 Å². The molecule has 0 fully saturated rings. The summed E-state index contributed by atoms with van der Waals surface area (Å²) in [5.41, 5.74) is 5.01. The molecule has 1 N–H and O–H groups in total. The molecule has 162 valence electrons. The number of fused-ring (bicyclic) bond motifs is 2.